The molecule has 1 rings (SSSR count). The predicted octanol–water partition coefficient (Wildman–Crippen LogP) is 2.08. The van der Waals surface area contributed by atoms with Gasteiger partial charge in [-0.3, -0.25) is 5.41 Å². The quantitative estimate of drug-likeness (QED) is 0.451. The minimum atomic E-state index is 0.0217. The summed E-state index contributed by atoms with van der Waals surface area (Å²) in [7, 11) is 0. The van der Waals surface area contributed by atoms with E-state index in [0.29, 0.717) is 24.5 Å². The Morgan fingerprint density at radius 2 is 2.06 bits per heavy atom. The fraction of sp³-hybridized carbons (Fsp3) is 0.462. The normalized spacial score (nSPS) is 10.6. The molecule has 0 atom stereocenters. The van der Waals surface area contributed by atoms with Crippen LogP contribution in [0.4, 0.5) is 0 Å². The average molecular weight is 236 g/mol. The van der Waals surface area contributed by atoms with Gasteiger partial charge in [-0.15, -0.1) is 0 Å². The second-order valence-electron chi connectivity index (χ2n) is 4.13. The monoisotopic (exact) mass is 236 g/mol. The van der Waals surface area contributed by atoms with E-state index in [-0.39, 0.29) is 11.9 Å². The minimum Gasteiger partial charge on any atom is -0.490 e. The van der Waals surface area contributed by atoms with E-state index in [2.05, 4.69) is 0 Å². The third-order valence-electron chi connectivity index (χ3n) is 2.28. The molecule has 4 heteroatoms. The molecule has 3 N–H and O–H groups in total. The molecule has 0 unspecified atom stereocenters. The number of amidine groups is 1. The number of hydrogen-bond donors (Lipinski definition) is 2. The first-order valence-electron chi connectivity index (χ1n) is 5.70. The molecule has 94 valence electrons. The summed E-state index contributed by atoms with van der Waals surface area (Å²) in [5, 5.41) is 7.49. The number of nitrogens with two attached hydrogens (primary N) is 1. The number of benzene rings is 1. The van der Waals surface area contributed by atoms with E-state index in [1.165, 1.54) is 0 Å². The van der Waals surface area contributed by atoms with E-state index in [1.807, 2.05) is 32.9 Å². The number of rotatable bonds is 6. The highest BCUT2D eigenvalue weighted by atomic mass is 16.5. The molecular formula is C13H20N2O2. The van der Waals surface area contributed by atoms with Gasteiger partial charge in [-0.25, -0.2) is 0 Å². The molecule has 0 amide bonds. The van der Waals surface area contributed by atoms with Gasteiger partial charge in [0, 0.05) is 0 Å². The maximum absolute atomic E-state index is 7.49. The Morgan fingerprint density at radius 3 is 2.65 bits per heavy atom. The number of aryl methyl sites for hydroxylation is 1. The summed E-state index contributed by atoms with van der Waals surface area (Å²) in [5.74, 6) is 0.695. The predicted molar refractivity (Wildman–Crippen MR) is 68.8 cm³/mol. The van der Waals surface area contributed by atoms with Crippen molar-refractivity contribution < 1.29 is 9.47 Å². The van der Waals surface area contributed by atoms with E-state index >= 15 is 0 Å². The summed E-state index contributed by atoms with van der Waals surface area (Å²) in [6.45, 7) is 6.89. The van der Waals surface area contributed by atoms with Gasteiger partial charge in [0.05, 0.1) is 18.3 Å². The molecule has 1 aromatic rings. The molecule has 1 aromatic carbocycles. The van der Waals surface area contributed by atoms with Crippen LogP contribution in [0.3, 0.4) is 0 Å². The number of nitrogens with one attached hydrogen (secondary N) is 1. The standard InChI is InChI=1S/C13H20N2O2/c1-9(2)16-7-8-17-12-10(3)5-4-6-11(12)13(14)15/h4-6,9H,7-8H2,1-3H3,(H3,14,15). The van der Waals surface area contributed by atoms with Crippen molar-refractivity contribution >= 4 is 5.84 Å². The van der Waals surface area contributed by atoms with Crippen LogP contribution in [0.5, 0.6) is 5.75 Å². The van der Waals surface area contributed by atoms with Crippen LogP contribution in [-0.2, 0) is 4.74 Å². The van der Waals surface area contributed by atoms with Crippen LogP contribution in [0, 0.1) is 12.3 Å². The van der Waals surface area contributed by atoms with Crippen molar-refractivity contribution in [3.8, 4) is 5.75 Å². The van der Waals surface area contributed by atoms with Gasteiger partial charge in [0.25, 0.3) is 0 Å². The molecule has 0 saturated heterocycles. The molecule has 4 nitrogen and oxygen atoms in total. The lowest BCUT2D eigenvalue weighted by Gasteiger charge is -2.14. The molecular weight excluding hydrogens is 216 g/mol. The van der Waals surface area contributed by atoms with E-state index < -0.39 is 0 Å². The second-order valence-corrected chi connectivity index (χ2v) is 4.13. The third kappa shape index (κ3) is 4.07. The average Bonchev–Trinajstić information content (AvgIpc) is 2.25. The molecule has 0 aliphatic rings. The second kappa shape index (κ2) is 6.25. The van der Waals surface area contributed by atoms with E-state index in [9.17, 15) is 0 Å². The topological polar surface area (TPSA) is 68.3 Å². The zero-order chi connectivity index (χ0) is 12.8. The fourth-order valence-corrected chi connectivity index (χ4v) is 1.48. The fourth-order valence-electron chi connectivity index (χ4n) is 1.48. The van der Waals surface area contributed by atoms with Gasteiger partial charge >= 0.3 is 0 Å². The first kappa shape index (κ1) is 13.5. The summed E-state index contributed by atoms with van der Waals surface area (Å²) in [4.78, 5) is 0. The van der Waals surface area contributed by atoms with Gasteiger partial charge in [-0.1, -0.05) is 12.1 Å². The largest absolute Gasteiger partial charge is 0.490 e. The smallest absolute Gasteiger partial charge is 0.133 e. The van der Waals surface area contributed by atoms with E-state index in [0.717, 1.165) is 5.56 Å². The van der Waals surface area contributed by atoms with Crippen molar-refractivity contribution in [3.63, 3.8) is 0 Å². The van der Waals surface area contributed by atoms with Gasteiger partial charge in [-0.2, -0.15) is 0 Å². The summed E-state index contributed by atoms with van der Waals surface area (Å²) in [6, 6.07) is 5.59. The van der Waals surface area contributed by atoms with E-state index in [1.54, 1.807) is 6.07 Å². The van der Waals surface area contributed by atoms with Crippen molar-refractivity contribution in [3.05, 3.63) is 29.3 Å². The lowest BCUT2D eigenvalue weighted by Crippen LogP contribution is -2.16. The van der Waals surface area contributed by atoms with Gasteiger partial charge in [0.1, 0.15) is 18.2 Å². The molecule has 17 heavy (non-hydrogen) atoms. The molecule has 0 aromatic heterocycles. The molecule has 0 radical (unpaired) electrons. The Morgan fingerprint density at radius 1 is 1.35 bits per heavy atom. The van der Waals surface area contributed by atoms with Crippen LogP contribution in [-0.4, -0.2) is 25.2 Å². The van der Waals surface area contributed by atoms with Crippen molar-refractivity contribution in [2.75, 3.05) is 13.2 Å². The Labute approximate surface area is 102 Å². The van der Waals surface area contributed by atoms with Gasteiger partial charge < -0.3 is 15.2 Å². The molecule has 0 bridgehead atoms. The maximum Gasteiger partial charge on any atom is 0.133 e. The summed E-state index contributed by atoms with van der Waals surface area (Å²) < 4.78 is 11.0. The highest BCUT2D eigenvalue weighted by molar-refractivity contribution is 5.98. The Bertz CT molecular complexity index is 389. The SMILES string of the molecule is Cc1cccc(C(=N)N)c1OCCOC(C)C. The number of ether oxygens (including phenoxy) is 2. The zero-order valence-corrected chi connectivity index (χ0v) is 10.6. The Hall–Kier alpha value is -1.55. The molecule has 0 aliphatic heterocycles. The molecule has 0 spiro atoms. The van der Waals surface area contributed by atoms with Crippen molar-refractivity contribution in [1.82, 2.24) is 0 Å². The Balaban J connectivity index is 2.66. The van der Waals surface area contributed by atoms with Crippen LogP contribution in [0.25, 0.3) is 0 Å². The Kier molecular flexibility index (Phi) is 4.97. The lowest BCUT2D eigenvalue weighted by molar-refractivity contribution is 0.0551. The first-order valence-corrected chi connectivity index (χ1v) is 5.70. The van der Waals surface area contributed by atoms with Crippen molar-refractivity contribution in [1.29, 1.82) is 5.41 Å². The number of nitrogen functional groups attached to an aromatic ring is 1. The van der Waals surface area contributed by atoms with Gasteiger partial charge in [0.15, 0.2) is 0 Å². The van der Waals surface area contributed by atoms with Crippen LogP contribution in [0.1, 0.15) is 25.0 Å². The van der Waals surface area contributed by atoms with Crippen molar-refractivity contribution in [2.45, 2.75) is 26.9 Å². The minimum absolute atomic E-state index is 0.0217. The van der Waals surface area contributed by atoms with Gasteiger partial charge in [0.2, 0.25) is 0 Å². The molecule has 0 heterocycles. The summed E-state index contributed by atoms with van der Waals surface area (Å²) in [5.41, 5.74) is 7.12. The van der Waals surface area contributed by atoms with Crippen LogP contribution < -0.4 is 10.5 Å². The number of hydrogen-bond acceptors (Lipinski definition) is 3. The summed E-state index contributed by atoms with van der Waals surface area (Å²) in [6.07, 6.45) is 0.197. The highest BCUT2D eigenvalue weighted by Gasteiger charge is 2.09. The van der Waals surface area contributed by atoms with Gasteiger partial charge in [-0.05, 0) is 32.4 Å². The maximum atomic E-state index is 7.49. The van der Waals surface area contributed by atoms with Crippen LogP contribution in [0.15, 0.2) is 18.2 Å². The molecule has 0 fully saturated rings. The van der Waals surface area contributed by atoms with Crippen molar-refractivity contribution in [2.24, 2.45) is 5.73 Å². The lowest BCUT2D eigenvalue weighted by atomic mass is 10.1. The molecule has 0 saturated carbocycles. The highest BCUT2D eigenvalue weighted by Crippen LogP contribution is 2.22. The van der Waals surface area contributed by atoms with E-state index in [4.69, 9.17) is 20.6 Å². The summed E-state index contributed by atoms with van der Waals surface area (Å²) >= 11 is 0. The first-order chi connectivity index (χ1) is 8.02. The van der Waals surface area contributed by atoms with Crippen LogP contribution >= 0.6 is 0 Å². The zero-order valence-electron chi connectivity index (χ0n) is 10.6. The number of para-hydroxylation sites is 1. The third-order valence-corrected chi connectivity index (χ3v) is 2.28. The molecule has 0 aliphatic carbocycles. The van der Waals surface area contributed by atoms with Crippen LogP contribution in [0.2, 0.25) is 0 Å².